The first kappa shape index (κ1) is 15.2. The summed E-state index contributed by atoms with van der Waals surface area (Å²) in [6.07, 6.45) is 0. The van der Waals surface area contributed by atoms with Crippen LogP contribution in [0.25, 0.3) is 0 Å². The number of H-pyrrole nitrogens is 1. The van der Waals surface area contributed by atoms with Crippen molar-refractivity contribution in [1.82, 2.24) is 14.5 Å². The average molecular weight is 268 g/mol. The van der Waals surface area contributed by atoms with Crippen LogP contribution >= 0.6 is 0 Å². The second kappa shape index (κ2) is 6.33. The Morgan fingerprint density at radius 1 is 1.26 bits per heavy atom. The van der Waals surface area contributed by atoms with Crippen molar-refractivity contribution >= 4 is 11.6 Å². The van der Waals surface area contributed by atoms with Gasteiger partial charge in [-0.25, -0.2) is 4.79 Å². The summed E-state index contributed by atoms with van der Waals surface area (Å²) in [6, 6.07) is 0. The molecule has 0 spiro atoms. The average Bonchev–Trinajstić information content (AvgIpc) is 2.35. The third-order valence-corrected chi connectivity index (χ3v) is 3.10. The van der Waals surface area contributed by atoms with Crippen molar-refractivity contribution in [3.63, 3.8) is 0 Å². The minimum atomic E-state index is -0.718. The molecule has 7 heteroatoms. The van der Waals surface area contributed by atoms with E-state index in [1.54, 1.807) is 6.92 Å². The third-order valence-electron chi connectivity index (χ3n) is 3.10. The Morgan fingerprint density at radius 2 is 1.84 bits per heavy atom. The summed E-state index contributed by atoms with van der Waals surface area (Å²) in [6.45, 7) is 7.39. The zero-order valence-corrected chi connectivity index (χ0v) is 11.5. The molecule has 1 heterocycles. The van der Waals surface area contributed by atoms with Crippen LogP contribution in [0.4, 0.5) is 5.82 Å². The molecule has 0 aliphatic heterocycles. The monoisotopic (exact) mass is 268 g/mol. The molecule has 0 aliphatic rings. The van der Waals surface area contributed by atoms with Gasteiger partial charge >= 0.3 is 5.69 Å². The molecule has 106 valence electrons. The molecule has 1 aromatic rings. The summed E-state index contributed by atoms with van der Waals surface area (Å²) >= 11 is 0. The number of nitrogen functional groups attached to an aromatic ring is 1. The SMILES string of the molecule is CCN(CC)CC(=O)c1c(N)n(CC)c(=O)[nH]c1=O. The quantitative estimate of drug-likeness (QED) is 0.687. The number of carbonyl (C=O) groups is 1. The van der Waals surface area contributed by atoms with Crippen LogP contribution in [-0.4, -0.2) is 39.9 Å². The van der Waals surface area contributed by atoms with Gasteiger partial charge in [-0.1, -0.05) is 13.8 Å². The number of anilines is 1. The minimum absolute atomic E-state index is 0.0617. The smallest absolute Gasteiger partial charge is 0.329 e. The van der Waals surface area contributed by atoms with Crippen LogP contribution in [0.5, 0.6) is 0 Å². The van der Waals surface area contributed by atoms with Gasteiger partial charge in [0.1, 0.15) is 11.4 Å². The van der Waals surface area contributed by atoms with E-state index in [0.717, 1.165) is 0 Å². The highest BCUT2D eigenvalue weighted by molar-refractivity contribution is 6.01. The molecule has 1 aromatic heterocycles. The van der Waals surface area contributed by atoms with Crippen LogP contribution in [-0.2, 0) is 6.54 Å². The first-order chi connectivity index (χ1) is 8.96. The van der Waals surface area contributed by atoms with E-state index in [9.17, 15) is 14.4 Å². The summed E-state index contributed by atoms with van der Waals surface area (Å²) < 4.78 is 1.18. The van der Waals surface area contributed by atoms with E-state index in [2.05, 4.69) is 4.98 Å². The van der Waals surface area contributed by atoms with Gasteiger partial charge in [0.2, 0.25) is 0 Å². The number of carbonyl (C=O) groups excluding carboxylic acids is 1. The molecular weight excluding hydrogens is 248 g/mol. The number of aromatic nitrogens is 2. The van der Waals surface area contributed by atoms with Gasteiger partial charge in [0.15, 0.2) is 5.78 Å². The zero-order valence-electron chi connectivity index (χ0n) is 11.5. The zero-order chi connectivity index (χ0) is 14.6. The standard InChI is InChI=1S/C12H20N4O3/c1-4-15(5-2)7-8(17)9-10(13)16(6-3)12(19)14-11(9)18/h4-7,13H2,1-3H3,(H,14,18,19). The lowest BCUT2D eigenvalue weighted by Crippen LogP contribution is -2.39. The van der Waals surface area contributed by atoms with E-state index >= 15 is 0 Å². The molecule has 19 heavy (non-hydrogen) atoms. The van der Waals surface area contributed by atoms with Crippen LogP contribution < -0.4 is 17.0 Å². The Labute approximate surface area is 111 Å². The normalized spacial score (nSPS) is 10.9. The number of likely N-dealkylation sites (N-methyl/N-ethyl adjacent to an activating group) is 1. The van der Waals surface area contributed by atoms with E-state index < -0.39 is 11.2 Å². The highest BCUT2D eigenvalue weighted by atomic mass is 16.2. The first-order valence-electron chi connectivity index (χ1n) is 6.34. The third kappa shape index (κ3) is 3.11. The van der Waals surface area contributed by atoms with Crippen molar-refractivity contribution < 1.29 is 4.79 Å². The molecule has 0 atom stereocenters. The van der Waals surface area contributed by atoms with Gasteiger partial charge in [-0.2, -0.15) is 0 Å². The van der Waals surface area contributed by atoms with Gasteiger partial charge in [-0.05, 0) is 20.0 Å². The topological polar surface area (TPSA) is 101 Å². The molecule has 0 saturated carbocycles. The number of hydrogen-bond donors (Lipinski definition) is 2. The molecule has 0 fully saturated rings. The minimum Gasteiger partial charge on any atom is -0.384 e. The predicted octanol–water partition coefficient (Wildman–Crippen LogP) is -0.337. The summed E-state index contributed by atoms with van der Waals surface area (Å²) in [5, 5.41) is 0. The maximum absolute atomic E-state index is 12.1. The molecule has 0 amide bonds. The predicted molar refractivity (Wildman–Crippen MR) is 73.5 cm³/mol. The second-order valence-electron chi connectivity index (χ2n) is 4.15. The Hall–Kier alpha value is -1.89. The molecule has 3 N–H and O–H groups in total. The van der Waals surface area contributed by atoms with Crippen LogP contribution in [0.1, 0.15) is 31.1 Å². The number of Topliss-reactive ketones (excluding diaryl/α,β-unsaturated/α-hetero) is 1. The van der Waals surface area contributed by atoms with Crippen molar-refractivity contribution in [3.05, 3.63) is 26.4 Å². The van der Waals surface area contributed by atoms with Crippen molar-refractivity contribution in [2.75, 3.05) is 25.4 Å². The summed E-state index contributed by atoms with van der Waals surface area (Å²) in [4.78, 5) is 39.4. The van der Waals surface area contributed by atoms with Crippen molar-refractivity contribution in [2.45, 2.75) is 27.3 Å². The van der Waals surface area contributed by atoms with Crippen LogP contribution in [0.3, 0.4) is 0 Å². The van der Waals surface area contributed by atoms with Crippen LogP contribution in [0.2, 0.25) is 0 Å². The van der Waals surface area contributed by atoms with Gasteiger partial charge in [0.25, 0.3) is 5.56 Å². The summed E-state index contributed by atoms with van der Waals surface area (Å²) in [7, 11) is 0. The summed E-state index contributed by atoms with van der Waals surface area (Å²) in [5.74, 6) is -0.432. The number of nitrogens with two attached hydrogens (primary N) is 1. The van der Waals surface area contributed by atoms with E-state index in [1.165, 1.54) is 4.57 Å². The van der Waals surface area contributed by atoms with E-state index in [1.807, 2.05) is 18.7 Å². The Bertz CT molecular complexity index is 569. The molecular formula is C12H20N4O3. The molecule has 0 unspecified atom stereocenters. The number of nitrogens with zero attached hydrogens (tertiary/aromatic N) is 2. The molecule has 7 nitrogen and oxygen atoms in total. The molecule has 0 aromatic carbocycles. The van der Waals surface area contributed by atoms with Gasteiger partial charge in [-0.15, -0.1) is 0 Å². The van der Waals surface area contributed by atoms with Crippen molar-refractivity contribution in [1.29, 1.82) is 0 Å². The Kier molecular flexibility index (Phi) is 5.05. The fourth-order valence-electron chi connectivity index (χ4n) is 1.90. The van der Waals surface area contributed by atoms with Gasteiger partial charge in [0, 0.05) is 6.54 Å². The number of nitrogens with one attached hydrogen (secondary N) is 1. The number of aromatic amines is 1. The lowest BCUT2D eigenvalue weighted by Gasteiger charge is -2.17. The lowest BCUT2D eigenvalue weighted by molar-refractivity contribution is 0.0936. The molecule has 0 radical (unpaired) electrons. The van der Waals surface area contributed by atoms with Gasteiger partial charge in [0.05, 0.1) is 6.54 Å². The number of hydrogen-bond acceptors (Lipinski definition) is 5. The number of rotatable bonds is 6. The van der Waals surface area contributed by atoms with E-state index in [-0.39, 0.29) is 23.7 Å². The van der Waals surface area contributed by atoms with E-state index in [4.69, 9.17) is 5.73 Å². The van der Waals surface area contributed by atoms with Gasteiger partial charge in [-0.3, -0.25) is 24.0 Å². The molecule has 0 bridgehead atoms. The Morgan fingerprint density at radius 3 is 2.32 bits per heavy atom. The van der Waals surface area contributed by atoms with E-state index in [0.29, 0.717) is 19.6 Å². The van der Waals surface area contributed by atoms with Crippen molar-refractivity contribution in [3.8, 4) is 0 Å². The maximum Gasteiger partial charge on any atom is 0.329 e. The maximum atomic E-state index is 12.1. The van der Waals surface area contributed by atoms with Gasteiger partial charge < -0.3 is 5.73 Å². The van der Waals surface area contributed by atoms with Crippen LogP contribution in [0.15, 0.2) is 9.59 Å². The fourth-order valence-corrected chi connectivity index (χ4v) is 1.90. The lowest BCUT2D eigenvalue weighted by atomic mass is 10.2. The van der Waals surface area contributed by atoms with Crippen LogP contribution in [0, 0.1) is 0 Å². The molecule has 0 aliphatic carbocycles. The highest BCUT2D eigenvalue weighted by Crippen LogP contribution is 2.05. The molecule has 1 rings (SSSR count). The number of ketones is 1. The molecule has 0 saturated heterocycles. The van der Waals surface area contributed by atoms with Crippen molar-refractivity contribution in [2.24, 2.45) is 0 Å². The Balaban J connectivity index is 3.24. The largest absolute Gasteiger partial charge is 0.384 e. The fraction of sp³-hybridized carbons (Fsp3) is 0.583. The highest BCUT2D eigenvalue weighted by Gasteiger charge is 2.20. The summed E-state index contributed by atoms with van der Waals surface area (Å²) in [5.41, 5.74) is 4.32. The first-order valence-corrected chi connectivity index (χ1v) is 6.34. The second-order valence-corrected chi connectivity index (χ2v) is 4.15.